The Bertz CT molecular complexity index is 482. The van der Waals surface area contributed by atoms with Crippen molar-refractivity contribution in [2.75, 3.05) is 18.9 Å². The predicted octanol–water partition coefficient (Wildman–Crippen LogP) is 2.41. The third-order valence-electron chi connectivity index (χ3n) is 2.49. The molecule has 0 atom stereocenters. The van der Waals surface area contributed by atoms with Crippen molar-refractivity contribution in [1.82, 2.24) is 9.29 Å². The van der Waals surface area contributed by atoms with Crippen molar-refractivity contribution in [3.8, 4) is 0 Å². The Morgan fingerprint density at radius 2 is 2.11 bits per heavy atom. The van der Waals surface area contributed by atoms with Crippen LogP contribution in [0, 0.1) is 5.82 Å². The highest BCUT2D eigenvalue weighted by molar-refractivity contribution is 9.09. The van der Waals surface area contributed by atoms with E-state index < -0.39 is 20.9 Å². The molecular formula is C11H16BrFN2O2S. The van der Waals surface area contributed by atoms with Crippen molar-refractivity contribution in [1.29, 1.82) is 0 Å². The van der Waals surface area contributed by atoms with Crippen LogP contribution in [0.25, 0.3) is 0 Å². The topological polar surface area (TPSA) is 50.3 Å². The van der Waals surface area contributed by atoms with Crippen molar-refractivity contribution in [2.45, 2.75) is 24.3 Å². The molecule has 0 saturated carbocycles. The van der Waals surface area contributed by atoms with Gasteiger partial charge in [-0.25, -0.2) is 17.8 Å². The molecule has 0 aliphatic rings. The van der Waals surface area contributed by atoms with E-state index >= 15 is 0 Å². The summed E-state index contributed by atoms with van der Waals surface area (Å²) in [5, 5.41) is 0.395. The third kappa shape index (κ3) is 4.00. The summed E-state index contributed by atoms with van der Waals surface area (Å²) in [7, 11) is -2.38. The number of rotatable bonds is 7. The molecule has 7 heteroatoms. The molecule has 0 saturated heterocycles. The van der Waals surface area contributed by atoms with Gasteiger partial charge >= 0.3 is 0 Å². The summed E-state index contributed by atoms with van der Waals surface area (Å²) in [6.07, 6.45) is 3.94. The average molecular weight is 339 g/mol. The minimum Gasteiger partial charge on any atom is -0.241 e. The SMILES string of the molecule is CN(CCCCCBr)S(=O)(=O)c1ncccc1F. The van der Waals surface area contributed by atoms with Gasteiger partial charge in [0.2, 0.25) is 5.03 Å². The number of alkyl halides is 1. The Balaban J connectivity index is 2.72. The lowest BCUT2D eigenvalue weighted by atomic mass is 10.2. The van der Waals surface area contributed by atoms with Gasteiger partial charge in [0.05, 0.1) is 0 Å². The summed E-state index contributed by atoms with van der Waals surface area (Å²) in [5.41, 5.74) is 0. The number of unbranched alkanes of at least 4 members (excludes halogenated alkanes) is 2. The smallest absolute Gasteiger partial charge is 0.241 e. The van der Waals surface area contributed by atoms with E-state index in [0.29, 0.717) is 6.54 Å². The summed E-state index contributed by atoms with van der Waals surface area (Å²) < 4.78 is 38.6. The van der Waals surface area contributed by atoms with E-state index in [1.807, 2.05) is 0 Å². The van der Waals surface area contributed by atoms with E-state index in [4.69, 9.17) is 0 Å². The van der Waals surface area contributed by atoms with Gasteiger partial charge in [0, 0.05) is 25.1 Å². The molecular weight excluding hydrogens is 323 g/mol. The first-order chi connectivity index (χ1) is 8.50. The molecule has 0 N–H and O–H groups in total. The number of pyridine rings is 1. The van der Waals surface area contributed by atoms with Gasteiger partial charge in [-0.1, -0.05) is 22.4 Å². The minimum absolute atomic E-state index is 0.366. The first kappa shape index (κ1) is 15.5. The normalized spacial score (nSPS) is 12.0. The Kier molecular flexibility index (Phi) is 6.17. The van der Waals surface area contributed by atoms with Gasteiger partial charge in [0.1, 0.15) is 0 Å². The summed E-state index contributed by atoms with van der Waals surface area (Å²) >= 11 is 3.31. The first-order valence-corrected chi connectivity index (χ1v) is 8.19. The highest BCUT2D eigenvalue weighted by Crippen LogP contribution is 2.15. The number of nitrogens with zero attached hydrogens (tertiary/aromatic N) is 2. The summed E-state index contributed by atoms with van der Waals surface area (Å²) in [6, 6.07) is 2.46. The predicted molar refractivity (Wildman–Crippen MR) is 71.7 cm³/mol. The molecule has 0 unspecified atom stereocenters. The number of sulfonamides is 1. The van der Waals surface area contributed by atoms with E-state index in [1.54, 1.807) is 0 Å². The number of halogens is 2. The molecule has 0 amide bonds. The Morgan fingerprint density at radius 1 is 1.39 bits per heavy atom. The van der Waals surface area contributed by atoms with Gasteiger partial charge < -0.3 is 0 Å². The first-order valence-electron chi connectivity index (χ1n) is 5.63. The summed E-state index contributed by atoms with van der Waals surface area (Å²) in [4.78, 5) is 3.60. The molecule has 0 bridgehead atoms. The van der Waals surface area contributed by atoms with Gasteiger partial charge in [-0.15, -0.1) is 0 Å². The lowest BCUT2D eigenvalue weighted by Gasteiger charge is -2.16. The maximum absolute atomic E-state index is 13.4. The zero-order chi connectivity index (χ0) is 13.6. The number of hydrogen-bond acceptors (Lipinski definition) is 3. The van der Waals surface area contributed by atoms with Crippen LogP contribution in [-0.2, 0) is 10.0 Å². The zero-order valence-electron chi connectivity index (χ0n) is 10.1. The van der Waals surface area contributed by atoms with E-state index in [-0.39, 0.29) is 0 Å². The Morgan fingerprint density at radius 3 is 2.72 bits per heavy atom. The molecule has 102 valence electrons. The van der Waals surface area contributed by atoms with Crippen LogP contribution in [0.1, 0.15) is 19.3 Å². The van der Waals surface area contributed by atoms with Crippen LogP contribution in [0.2, 0.25) is 0 Å². The fourth-order valence-corrected chi connectivity index (χ4v) is 3.00. The molecule has 1 heterocycles. The highest BCUT2D eigenvalue weighted by Gasteiger charge is 2.25. The molecule has 0 spiro atoms. The van der Waals surface area contributed by atoms with Gasteiger partial charge in [-0.2, -0.15) is 4.31 Å². The minimum atomic E-state index is -3.82. The van der Waals surface area contributed by atoms with Crippen molar-refractivity contribution < 1.29 is 12.8 Å². The molecule has 18 heavy (non-hydrogen) atoms. The van der Waals surface area contributed by atoms with Gasteiger partial charge in [0.15, 0.2) is 5.82 Å². The molecule has 4 nitrogen and oxygen atoms in total. The van der Waals surface area contributed by atoms with Crippen molar-refractivity contribution in [2.24, 2.45) is 0 Å². The quantitative estimate of drug-likeness (QED) is 0.566. The van der Waals surface area contributed by atoms with E-state index in [9.17, 15) is 12.8 Å². The van der Waals surface area contributed by atoms with Crippen LogP contribution in [0.5, 0.6) is 0 Å². The number of aromatic nitrogens is 1. The highest BCUT2D eigenvalue weighted by atomic mass is 79.9. The second kappa shape index (κ2) is 7.16. The van der Waals surface area contributed by atoms with Gasteiger partial charge in [-0.05, 0) is 25.0 Å². The molecule has 0 aromatic carbocycles. The fourth-order valence-electron chi connectivity index (χ4n) is 1.43. The van der Waals surface area contributed by atoms with Gasteiger partial charge in [-0.3, -0.25) is 0 Å². The molecule has 0 radical (unpaired) electrons. The van der Waals surface area contributed by atoms with Crippen molar-refractivity contribution in [3.63, 3.8) is 0 Å². The van der Waals surface area contributed by atoms with Crippen LogP contribution in [0.15, 0.2) is 23.4 Å². The van der Waals surface area contributed by atoms with Crippen LogP contribution in [0.4, 0.5) is 4.39 Å². The summed E-state index contributed by atoms with van der Waals surface area (Å²) in [5.74, 6) is -0.815. The largest absolute Gasteiger partial charge is 0.263 e. The Hall–Kier alpha value is -0.530. The van der Waals surface area contributed by atoms with Crippen LogP contribution in [0.3, 0.4) is 0 Å². The van der Waals surface area contributed by atoms with E-state index in [2.05, 4.69) is 20.9 Å². The molecule has 0 aliphatic carbocycles. The monoisotopic (exact) mass is 338 g/mol. The molecule has 1 rings (SSSR count). The van der Waals surface area contributed by atoms with Crippen LogP contribution in [-0.4, -0.2) is 36.6 Å². The molecule has 1 aromatic heterocycles. The van der Waals surface area contributed by atoms with Gasteiger partial charge in [0.25, 0.3) is 10.0 Å². The molecule has 0 fully saturated rings. The van der Waals surface area contributed by atoms with E-state index in [1.165, 1.54) is 19.3 Å². The summed E-state index contributed by atoms with van der Waals surface area (Å²) in [6.45, 7) is 0.366. The van der Waals surface area contributed by atoms with E-state index in [0.717, 1.165) is 35.0 Å². The second-order valence-corrected chi connectivity index (χ2v) is 6.62. The third-order valence-corrected chi connectivity index (χ3v) is 4.84. The van der Waals surface area contributed by atoms with Crippen molar-refractivity contribution in [3.05, 3.63) is 24.1 Å². The molecule has 1 aromatic rings. The second-order valence-electron chi connectivity index (χ2n) is 3.87. The van der Waals surface area contributed by atoms with Crippen molar-refractivity contribution >= 4 is 26.0 Å². The molecule has 0 aliphatic heterocycles. The Labute approximate surface area is 115 Å². The fraction of sp³-hybridized carbons (Fsp3) is 0.545. The maximum Gasteiger partial charge on any atom is 0.263 e. The van der Waals surface area contributed by atoms with Crippen LogP contribution >= 0.6 is 15.9 Å². The van der Waals surface area contributed by atoms with Crippen LogP contribution < -0.4 is 0 Å². The number of hydrogen-bond donors (Lipinski definition) is 0. The maximum atomic E-state index is 13.4. The lowest BCUT2D eigenvalue weighted by molar-refractivity contribution is 0.445. The lowest BCUT2D eigenvalue weighted by Crippen LogP contribution is -2.29. The standard InChI is InChI=1S/C11H16BrFN2O2S/c1-15(9-4-2-3-7-12)18(16,17)11-10(13)6-5-8-14-11/h5-6,8H,2-4,7,9H2,1H3. The average Bonchev–Trinajstić information content (AvgIpc) is 2.34. The zero-order valence-corrected chi connectivity index (χ0v) is 12.5.